The minimum Gasteiger partial charge on any atom is -1.00 e. The standard InChI is InChI=1S/C45H49.2ClH.Zr/c1-28(2)30-15-19-33(20-16-30)41(34-21-17-31(18-22-34)29(3)4)43-40(45(8,9)10)27-38-37-26-36(44(5,6)7)24-23-35(37)25-39(38)42(43)32-13-11-12-14-32;;;/h11-13,15-24,26-29H,14H2,1-10H3;2*1H;/q-1;;;+3/p-2. The van der Waals surface area contributed by atoms with Crippen LogP contribution in [0.5, 0.6) is 0 Å². The fourth-order valence-electron chi connectivity index (χ4n) is 6.83. The van der Waals surface area contributed by atoms with Crippen LogP contribution in [0.4, 0.5) is 0 Å². The Morgan fingerprint density at radius 2 is 1.21 bits per heavy atom. The second kappa shape index (κ2) is 15.2. The van der Waals surface area contributed by atoms with Crippen LogP contribution >= 0.6 is 0 Å². The molecule has 3 heteroatoms. The molecule has 2 aliphatic rings. The van der Waals surface area contributed by atoms with Crippen LogP contribution in [-0.4, -0.2) is 0 Å². The Hall–Kier alpha value is -2.44. The van der Waals surface area contributed by atoms with Gasteiger partial charge in [0.15, 0.2) is 0 Å². The number of allylic oxidation sites excluding steroid dienone is 4. The molecule has 4 aromatic rings. The summed E-state index contributed by atoms with van der Waals surface area (Å²) in [6.07, 6.45) is 11.7. The molecule has 6 rings (SSSR count). The van der Waals surface area contributed by atoms with Gasteiger partial charge < -0.3 is 24.8 Å². The Labute approximate surface area is 320 Å². The van der Waals surface area contributed by atoms with Crippen molar-refractivity contribution in [1.82, 2.24) is 0 Å². The van der Waals surface area contributed by atoms with Gasteiger partial charge in [-0.15, -0.1) is 33.4 Å². The van der Waals surface area contributed by atoms with Crippen molar-refractivity contribution in [2.45, 2.75) is 98.3 Å². The van der Waals surface area contributed by atoms with Crippen LogP contribution in [0, 0.1) is 10.4 Å². The molecule has 0 bridgehead atoms. The Balaban J connectivity index is 0.00000208. The predicted octanol–water partition coefficient (Wildman–Crippen LogP) is 4.43. The zero-order valence-electron chi connectivity index (χ0n) is 30.3. The van der Waals surface area contributed by atoms with Crippen LogP contribution < -0.4 is 35.3 Å². The molecule has 0 saturated heterocycles. The van der Waals surface area contributed by atoms with E-state index in [0.717, 1.165) is 6.42 Å². The average molecular weight is 752 g/mol. The van der Waals surface area contributed by atoms with Crippen LogP contribution in [0.1, 0.15) is 132 Å². The number of hydrogen-bond acceptors (Lipinski definition) is 0. The Bertz CT molecular complexity index is 2010. The number of rotatable bonds is 5. The molecule has 1 radical (unpaired) electrons. The van der Waals surface area contributed by atoms with Gasteiger partial charge in [0.2, 0.25) is 0 Å². The van der Waals surface area contributed by atoms with Gasteiger partial charge in [-0.05, 0) is 67.7 Å². The van der Waals surface area contributed by atoms with Crippen molar-refractivity contribution in [3.05, 3.63) is 156 Å². The summed E-state index contributed by atoms with van der Waals surface area (Å²) in [4.78, 5) is 0. The number of halogens is 2. The molecule has 0 atom stereocenters. The van der Waals surface area contributed by atoms with Gasteiger partial charge in [-0.1, -0.05) is 171 Å². The molecule has 4 aromatic carbocycles. The normalized spacial score (nSPS) is 13.2. The quantitative estimate of drug-likeness (QED) is 0.234. The van der Waals surface area contributed by atoms with Crippen molar-refractivity contribution in [3.8, 4) is 0 Å². The van der Waals surface area contributed by atoms with Crippen molar-refractivity contribution in [1.29, 1.82) is 0 Å². The Morgan fingerprint density at radius 3 is 1.65 bits per heavy atom. The first-order valence-electron chi connectivity index (χ1n) is 16.8. The third-order valence-electron chi connectivity index (χ3n) is 9.65. The second-order valence-corrected chi connectivity index (χ2v) is 15.7. The molecular formula is C45H49Cl2Zr. The third kappa shape index (κ3) is 7.65. The van der Waals surface area contributed by atoms with E-state index in [1.807, 2.05) is 0 Å². The van der Waals surface area contributed by atoms with Crippen molar-refractivity contribution in [2.24, 2.45) is 0 Å². The summed E-state index contributed by atoms with van der Waals surface area (Å²) in [7, 11) is 0. The topological polar surface area (TPSA) is 0 Å². The zero-order chi connectivity index (χ0) is 32.3. The van der Waals surface area contributed by atoms with Gasteiger partial charge in [0.25, 0.3) is 0 Å². The molecule has 0 nitrogen and oxygen atoms in total. The van der Waals surface area contributed by atoms with E-state index in [-0.39, 0.29) is 61.8 Å². The molecule has 0 amide bonds. The maximum atomic E-state index is 3.95. The van der Waals surface area contributed by atoms with Gasteiger partial charge in [0, 0.05) is 0 Å². The van der Waals surface area contributed by atoms with E-state index in [2.05, 4.69) is 166 Å². The molecule has 0 aliphatic heterocycles. The Morgan fingerprint density at radius 1 is 0.667 bits per heavy atom. The van der Waals surface area contributed by atoms with Crippen LogP contribution in [0.3, 0.4) is 0 Å². The number of hydrogen-bond donors (Lipinski definition) is 0. The molecule has 0 aromatic heterocycles. The fourth-order valence-corrected chi connectivity index (χ4v) is 6.83. The maximum absolute atomic E-state index is 3.95. The summed E-state index contributed by atoms with van der Waals surface area (Å²) in [5.41, 5.74) is 13.3. The minimum absolute atomic E-state index is 0. The molecule has 48 heavy (non-hydrogen) atoms. The van der Waals surface area contributed by atoms with Gasteiger partial charge in [0.1, 0.15) is 0 Å². The van der Waals surface area contributed by atoms with E-state index >= 15 is 0 Å². The first kappa shape index (κ1) is 40.0. The molecule has 0 fully saturated rings. The largest absolute Gasteiger partial charge is 3.00 e. The first-order chi connectivity index (χ1) is 21.2. The molecule has 0 heterocycles. The van der Waals surface area contributed by atoms with E-state index in [1.165, 1.54) is 76.5 Å². The number of fused-ring (bicyclic) bond motifs is 2. The summed E-state index contributed by atoms with van der Waals surface area (Å²) in [5.74, 6) is 0.979. The van der Waals surface area contributed by atoms with Crippen molar-refractivity contribution in [2.75, 3.05) is 0 Å². The predicted molar refractivity (Wildman–Crippen MR) is 194 cm³/mol. The van der Waals surface area contributed by atoms with Gasteiger partial charge in [-0.3, -0.25) is 0 Å². The van der Waals surface area contributed by atoms with Crippen molar-refractivity contribution < 1.29 is 51.0 Å². The second-order valence-electron chi connectivity index (χ2n) is 15.7. The molecule has 0 N–H and O–H groups in total. The molecule has 0 saturated carbocycles. The van der Waals surface area contributed by atoms with E-state index in [0.29, 0.717) is 11.8 Å². The number of benzene rings is 4. The van der Waals surface area contributed by atoms with Crippen molar-refractivity contribution in [3.63, 3.8) is 0 Å². The minimum atomic E-state index is -0.0862. The maximum Gasteiger partial charge on any atom is 3.00 e. The van der Waals surface area contributed by atoms with E-state index < -0.39 is 0 Å². The first-order valence-corrected chi connectivity index (χ1v) is 16.8. The molecule has 247 valence electrons. The van der Waals surface area contributed by atoms with Gasteiger partial charge >= 0.3 is 26.2 Å². The fraction of sp³-hybridized carbons (Fsp3) is 0.333. The Kier molecular flexibility index (Phi) is 12.7. The van der Waals surface area contributed by atoms with Crippen LogP contribution in [0.2, 0.25) is 0 Å². The van der Waals surface area contributed by atoms with Gasteiger partial charge in [-0.2, -0.15) is 0 Å². The summed E-state index contributed by atoms with van der Waals surface area (Å²) >= 11 is 0. The summed E-state index contributed by atoms with van der Waals surface area (Å²) < 4.78 is 0. The zero-order valence-corrected chi connectivity index (χ0v) is 34.2. The summed E-state index contributed by atoms with van der Waals surface area (Å²) in [5, 5.41) is 5.18. The SMILES string of the molecule is CC(C)c1ccc(C(c2ccc(C(C)C)cc2)=c2c(C(C)(C)C)cc3c(c2C2=CC=CC2)[C-]=c2ccc(C(C)(C)C)cc2=3)cc1.[Cl-].[Cl-].[Zr+3]. The van der Waals surface area contributed by atoms with Crippen LogP contribution in [-0.2, 0) is 37.0 Å². The third-order valence-corrected chi connectivity index (χ3v) is 9.65. The van der Waals surface area contributed by atoms with Gasteiger partial charge in [0.05, 0.1) is 0 Å². The van der Waals surface area contributed by atoms with Gasteiger partial charge in [-0.25, -0.2) is 0 Å². The monoisotopic (exact) mass is 749 g/mol. The van der Waals surface area contributed by atoms with Crippen LogP contribution in [0.25, 0.3) is 17.2 Å². The summed E-state index contributed by atoms with van der Waals surface area (Å²) in [6, 6.07) is 28.2. The smallest absolute Gasteiger partial charge is 1.00 e. The van der Waals surface area contributed by atoms with E-state index in [4.69, 9.17) is 0 Å². The van der Waals surface area contributed by atoms with Crippen molar-refractivity contribution >= 4 is 17.2 Å². The molecule has 2 aliphatic carbocycles. The molecule has 0 spiro atoms. The van der Waals surface area contributed by atoms with E-state index in [9.17, 15) is 0 Å². The average Bonchev–Trinajstić information content (AvgIpc) is 3.64. The van der Waals surface area contributed by atoms with E-state index in [1.54, 1.807) is 0 Å². The summed E-state index contributed by atoms with van der Waals surface area (Å²) in [6.45, 7) is 23.1. The molecule has 0 unspecified atom stereocenters. The molecular weight excluding hydrogens is 703 g/mol. The van der Waals surface area contributed by atoms with Crippen LogP contribution in [0.15, 0.2) is 91.0 Å².